The molecule has 2 amide bonds. The third-order valence-corrected chi connectivity index (χ3v) is 5.39. The summed E-state index contributed by atoms with van der Waals surface area (Å²) in [6.07, 6.45) is 5.86. The van der Waals surface area contributed by atoms with Crippen LogP contribution in [0, 0.1) is 5.92 Å². The molecule has 3 aliphatic rings. The maximum Gasteiger partial charge on any atom is 0.338 e. The van der Waals surface area contributed by atoms with Crippen LogP contribution < -0.4 is 20.1 Å². The number of esters is 1. The van der Waals surface area contributed by atoms with E-state index < -0.39 is 12.0 Å². The second-order valence-electron chi connectivity index (χ2n) is 7.29. The third kappa shape index (κ3) is 3.72. The molecule has 1 fully saturated rings. The molecule has 0 bridgehead atoms. The van der Waals surface area contributed by atoms with E-state index in [9.17, 15) is 9.59 Å². The summed E-state index contributed by atoms with van der Waals surface area (Å²) in [5, 5.41) is 5.49. The van der Waals surface area contributed by atoms with Gasteiger partial charge in [0.05, 0.1) is 18.2 Å². The topological polar surface area (TPSA) is 85.9 Å². The molecule has 0 unspecified atom stereocenters. The molecule has 0 spiro atoms. The van der Waals surface area contributed by atoms with Gasteiger partial charge in [0, 0.05) is 5.70 Å². The zero-order valence-electron chi connectivity index (χ0n) is 15.4. The minimum absolute atomic E-state index is 0.169. The highest BCUT2D eigenvalue weighted by Crippen LogP contribution is 2.37. The van der Waals surface area contributed by atoms with Crippen molar-refractivity contribution in [1.82, 2.24) is 10.6 Å². The molecule has 2 N–H and O–H groups in total. The lowest BCUT2D eigenvalue weighted by molar-refractivity contribution is -0.141. The Kier molecular flexibility index (Phi) is 4.92. The number of carbonyl (C=O) groups is 2. The summed E-state index contributed by atoms with van der Waals surface area (Å²) in [4.78, 5) is 24.8. The van der Waals surface area contributed by atoms with Gasteiger partial charge in [0.1, 0.15) is 0 Å². The largest absolute Gasteiger partial charge is 0.462 e. The van der Waals surface area contributed by atoms with Gasteiger partial charge in [0.2, 0.25) is 6.79 Å². The molecule has 1 saturated carbocycles. The number of allylic oxidation sites excluding steroid dienone is 1. The van der Waals surface area contributed by atoms with Crippen LogP contribution in [0.2, 0.25) is 0 Å². The van der Waals surface area contributed by atoms with Gasteiger partial charge in [-0.25, -0.2) is 9.59 Å². The van der Waals surface area contributed by atoms with Crippen LogP contribution in [-0.2, 0) is 9.53 Å². The van der Waals surface area contributed by atoms with Gasteiger partial charge in [-0.1, -0.05) is 25.3 Å². The van der Waals surface area contributed by atoms with E-state index in [1.54, 1.807) is 19.1 Å². The molecule has 2 aliphatic heterocycles. The molecule has 0 aromatic heterocycles. The zero-order valence-corrected chi connectivity index (χ0v) is 15.4. The predicted octanol–water partition coefficient (Wildman–Crippen LogP) is 3.17. The monoisotopic (exact) mass is 372 g/mol. The Morgan fingerprint density at radius 1 is 1.19 bits per heavy atom. The van der Waals surface area contributed by atoms with Gasteiger partial charge in [-0.2, -0.15) is 0 Å². The fourth-order valence-electron chi connectivity index (χ4n) is 3.93. The number of nitrogens with one attached hydrogen (secondary N) is 2. The number of benzene rings is 1. The Morgan fingerprint density at radius 2 is 1.96 bits per heavy atom. The Hall–Kier alpha value is -2.70. The molecule has 2 heterocycles. The van der Waals surface area contributed by atoms with Crippen LogP contribution in [0.1, 0.15) is 50.6 Å². The van der Waals surface area contributed by atoms with Crippen molar-refractivity contribution in [3.05, 3.63) is 35.0 Å². The minimum atomic E-state index is -0.591. The Balaban J connectivity index is 1.54. The number of carbonyl (C=O) groups excluding carboxylic acids is 2. The van der Waals surface area contributed by atoms with Crippen molar-refractivity contribution in [2.75, 3.05) is 13.4 Å². The Morgan fingerprint density at radius 3 is 2.78 bits per heavy atom. The van der Waals surface area contributed by atoms with E-state index in [0.717, 1.165) is 18.4 Å². The average Bonchev–Trinajstić information content (AvgIpc) is 3.14. The number of ether oxygens (including phenoxy) is 3. The smallest absolute Gasteiger partial charge is 0.338 e. The number of urea groups is 1. The van der Waals surface area contributed by atoms with Crippen LogP contribution in [0.15, 0.2) is 29.5 Å². The second kappa shape index (κ2) is 7.50. The highest BCUT2D eigenvalue weighted by molar-refractivity contribution is 5.95. The minimum Gasteiger partial charge on any atom is -0.462 e. The fraction of sp³-hybridized carbons (Fsp3) is 0.500. The van der Waals surface area contributed by atoms with Crippen molar-refractivity contribution >= 4 is 12.0 Å². The highest BCUT2D eigenvalue weighted by Gasteiger charge is 2.33. The normalized spacial score (nSPS) is 22.3. The molecule has 1 atom stereocenters. The third-order valence-electron chi connectivity index (χ3n) is 5.39. The SMILES string of the molecule is CC1=C(C(=O)OCC2CCCCC2)[C@@H](c2ccc3c(c2)OCO3)NC(=O)N1. The quantitative estimate of drug-likeness (QED) is 0.793. The molecular weight excluding hydrogens is 348 g/mol. The zero-order chi connectivity index (χ0) is 18.8. The summed E-state index contributed by atoms with van der Waals surface area (Å²) in [5.74, 6) is 1.29. The first-order valence-corrected chi connectivity index (χ1v) is 9.47. The Labute approximate surface area is 158 Å². The molecule has 1 aromatic carbocycles. The predicted molar refractivity (Wildman–Crippen MR) is 97.2 cm³/mol. The summed E-state index contributed by atoms with van der Waals surface area (Å²) in [5.41, 5.74) is 1.68. The molecule has 144 valence electrons. The van der Waals surface area contributed by atoms with Crippen molar-refractivity contribution in [2.45, 2.75) is 45.1 Å². The molecular formula is C20H24N2O5. The maximum absolute atomic E-state index is 12.8. The standard InChI is InChI=1S/C20H24N2O5/c1-12-17(19(23)25-10-13-5-3-2-4-6-13)18(22-20(24)21-12)14-7-8-15-16(9-14)27-11-26-15/h7-9,13,18H,2-6,10-11H2,1H3,(H2,21,22,24)/t18-/m1/s1. The summed E-state index contributed by atoms with van der Waals surface area (Å²) < 4.78 is 16.4. The van der Waals surface area contributed by atoms with Crippen molar-refractivity contribution in [1.29, 1.82) is 0 Å². The molecule has 1 aromatic rings. The van der Waals surface area contributed by atoms with Crippen LogP contribution in [0.25, 0.3) is 0 Å². The Bertz CT molecular complexity index is 783. The van der Waals surface area contributed by atoms with Gasteiger partial charge < -0.3 is 24.8 Å². The highest BCUT2D eigenvalue weighted by atomic mass is 16.7. The van der Waals surface area contributed by atoms with Gasteiger partial charge >= 0.3 is 12.0 Å². The van der Waals surface area contributed by atoms with E-state index >= 15 is 0 Å². The van der Waals surface area contributed by atoms with Crippen molar-refractivity contribution in [3.63, 3.8) is 0 Å². The molecule has 0 radical (unpaired) electrons. The average molecular weight is 372 g/mol. The second-order valence-corrected chi connectivity index (χ2v) is 7.29. The van der Waals surface area contributed by atoms with Crippen LogP contribution in [0.5, 0.6) is 11.5 Å². The number of amides is 2. The van der Waals surface area contributed by atoms with E-state index in [4.69, 9.17) is 14.2 Å². The molecule has 4 rings (SSSR count). The van der Waals surface area contributed by atoms with E-state index in [1.807, 2.05) is 6.07 Å². The van der Waals surface area contributed by atoms with Crippen LogP contribution >= 0.6 is 0 Å². The lowest BCUT2D eigenvalue weighted by atomic mass is 9.90. The maximum atomic E-state index is 12.8. The summed E-state index contributed by atoms with van der Waals surface area (Å²) in [7, 11) is 0. The molecule has 1 aliphatic carbocycles. The first-order valence-electron chi connectivity index (χ1n) is 9.47. The number of hydrogen-bond acceptors (Lipinski definition) is 5. The van der Waals surface area contributed by atoms with E-state index in [-0.39, 0.29) is 12.8 Å². The van der Waals surface area contributed by atoms with E-state index in [2.05, 4.69) is 10.6 Å². The van der Waals surface area contributed by atoms with E-state index in [0.29, 0.717) is 35.3 Å². The van der Waals surface area contributed by atoms with E-state index in [1.165, 1.54) is 19.3 Å². The van der Waals surface area contributed by atoms with Gasteiger partial charge in [-0.3, -0.25) is 0 Å². The van der Waals surface area contributed by atoms with Gasteiger partial charge in [0.15, 0.2) is 11.5 Å². The van der Waals surface area contributed by atoms with Crippen molar-refractivity contribution in [2.24, 2.45) is 5.92 Å². The van der Waals surface area contributed by atoms with Crippen molar-refractivity contribution < 1.29 is 23.8 Å². The summed E-state index contributed by atoms with van der Waals surface area (Å²) in [6, 6.07) is 4.46. The fourth-order valence-corrected chi connectivity index (χ4v) is 3.93. The number of hydrogen-bond donors (Lipinski definition) is 2. The lowest BCUT2D eigenvalue weighted by Gasteiger charge is -2.29. The van der Waals surface area contributed by atoms with Crippen LogP contribution in [-0.4, -0.2) is 25.4 Å². The lowest BCUT2D eigenvalue weighted by Crippen LogP contribution is -2.45. The number of rotatable bonds is 4. The number of fused-ring (bicyclic) bond motifs is 1. The first-order chi connectivity index (χ1) is 13.1. The van der Waals surface area contributed by atoms with Crippen LogP contribution in [0.3, 0.4) is 0 Å². The molecule has 7 nitrogen and oxygen atoms in total. The molecule has 27 heavy (non-hydrogen) atoms. The summed E-state index contributed by atoms with van der Waals surface area (Å²) in [6.45, 7) is 2.32. The van der Waals surface area contributed by atoms with Gasteiger partial charge in [0.25, 0.3) is 0 Å². The van der Waals surface area contributed by atoms with Gasteiger partial charge in [-0.15, -0.1) is 0 Å². The van der Waals surface area contributed by atoms with Crippen molar-refractivity contribution in [3.8, 4) is 11.5 Å². The first kappa shape index (κ1) is 17.7. The van der Waals surface area contributed by atoms with Crippen LogP contribution in [0.4, 0.5) is 4.79 Å². The van der Waals surface area contributed by atoms with Gasteiger partial charge in [-0.05, 0) is 43.4 Å². The molecule has 7 heteroatoms. The summed E-state index contributed by atoms with van der Waals surface area (Å²) >= 11 is 0. The molecule has 0 saturated heterocycles.